The highest BCUT2D eigenvalue weighted by Crippen LogP contribution is 1.97. The van der Waals surface area contributed by atoms with E-state index in [0.29, 0.717) is 18.8 Å². The van der Waals surface area contributed by atoms with Gasteiger partial charge in [0.05, 0.1) is 6.10 Å². The molecule has 72 valence electrons. The Balaban J connectivity index is 3.44. The third kappa shape index (κ3) is 5.38. The molecule has 0 aromatic carbocycles. The van der Waals surface area contributed by atoms with Crippen LogP contribution in [0.15, 0.2) is 0 Å². The van der Waals surface area contributed by atoms with E-state index in [4.69, 9.17) is 16.7 Å². The van der Waals surface area contributed by atoms with Gasteiger partial charge in [0.2, 0.25) is 5.91 Å². The molecule has 12 heavy (non-hydrogen) atoms. The Bertz CT molecular complexity index is 139. The van der Waals surface area contributed by atoms with Gasteiger partial charge in [0.25, 0.3) is 0 Å². The molecular weight excluding hydrogens is 178 g/mol. The zero-order chi connectivity index (χ0) is 9.56. The van der Waals surface area contributed by atoms with Crippen molar-refractivity contribution in [3.63, 3.8) is 0 Å². The second-order valence-electron chi connectivity index (χ2n) is 2.98. The van der Waals surface area contributed by atoms with Gasteiger partial charge in [0.15, 0.2) is 0 Å². The van der Waals surface area contributed by atoms with Gasteiger partial charge in [-0.15, -0.1) is 11.6 Å². The standard InChI is InChI=1S/C8H16ClNO2/c1-6(5-9)8(12)10-4-3-7(2)11/h6-7,11H,3-5H2,1-2H3,(H,10,12). The van der Waals surface area contributed by atoms with E-state index in [1.165, 1.54) is 0 Å². The predicted octanol–water partition coefficient (Wildman–Crippen LogP) is 0.748. The molecule has 3 nitrogen and oxygen atoms in total. The number of aliphatic hydroxyl groups is 1. The van der Waals surface area contributed by atoms with Gasteiger partial charge in [0, 0.05) is 18.3 Å². The summed E-state index contributed by atoms with van der Waals surface area (Å²) in [6.45, 7) is 3.97. The molecule has 0 rings (SSSR count). The second-order valence-corrected chi connectivity index (χ2v) is 3.29. The molecule has 0 saturated heterocycles. The Labute approximate surface area is 78.1 Å². The fourth-order valence-corrected chi connectivity index (χ4v) is 0.789. The first-order chi connectivity index (χ1) is 5.57. The van der Waals surface area contributed by atoms with E-state index in [1.807, 2.05) is 0 Å². The number of hydrogen-bond donors (Lipinski definition) is 2. The molecule has 2 N–H and O–H groups in total. The lowest BCUT2D eigenvalue weighted by Gasteiger charge is -2.09. The third-order valence-electron chi connectivity index (χ3n) is 1.54. The van der Waals surface area contributed by atoms with Gasteiger partial charge in [-0.1, -0.05) is 6.92 Å². The highest BCUT2D eigenvalue weighted by atomic mass is 35.5. The Morgan fingerprint density at radius 2 is 2.17 bits per heavy atom. The molecule has 0 spiro atoms. The molecular formula is C8H16ClNO2. The van der Waals surface area contributed by atoms with E-state index in [0.717, 1.165) is 0 Å². The largest absolute Gasteiger partial charge is 0.393 e. The molecule has 2 unspecified atom stereocenters. The lowest BCUT2D eigenvalue weighted by molar-refractivity contribution is -0.123. The molecule has 4 heteroatoms. The van der Waals surface area contributed by atoms with Crippen LogP contribution in [0.5, 0.6) is 0 Å². The fourth-order valence-electron chi connectivity index (χ4n) is 0.649. The van der Waals surface area contributed by atoms with Crippen LogP contribution < -0.4 is 5.32 Å². The molecule has 0 bridgehead atoms. The maximum atomic E-state index is 11.1. The summed E-state index contributed by atoms with van der Waals surface area (Å²) in [7, 11) is 0. The molecule has 1 amide bonds. The van der Waals surface area contributed by atoms with Crippen LogP contribution in [0.25, 0.3) is 0 Å². The Morgan fingerprint density at radius 1 is 1.58 bits per heavy atom. The lowest BCUT2D eigenvalue weighted by Crippen LogP contribution is -2.31. The molecule has 0 heterocycles. The Hall–Kier alpha value is -0.280. The molecule has 2 atom stereocenters. The minimum atomic E-state index is -0.364. The van der Waals surface area contributed by atoms with Crippen molar-refractivity contribution >= 4 is 17.5 Å². The number of amides is 1. The number of aliphatic hydroxyl groups excluding tert-OH is 1. The summed E-state index contributed by atoms with van der Waals surface area (Å²) in [5.41, 5.74) is 0. The minimum absolute atomic E-state index is 0.0503. The summed E-state index contributed by atoms with van der Waals surface area (Å²) in [6, 6.07) is 0. The summed E-state index contributed by atoms with van der Waals surface area (Å²) in [6.07, 6.45) is 0.220. The predicted molar refractivity (Wildman–Crippen MR) is 49.2 cm³/mol. The maximum absolute atomic E-state index is 11.1. The summed E-state index contributed by atoms with van der Waals surface area (Å²) >= 11 is 5.48. The van der Waals surface area contributed by atoms with Crippen LogP contribution in [0.3, 0.4) is 0 Å². The van der Waals surface area contributed by atoms with Crippen molar-refractivity contribution in [3.05, 3.63) is 0 Å². The molecule has 0 radical (unpaired) electrons. The fraction of sp³-hybridized carbons (Fsp3) is 0.875. The summed E-state index contributed by atoms with van der Waals surface area (Å²) in [5.74, 6) is 0.131. The highest BCUT2D eigenvalue weighted by molar-refractivity contribution is 6.19. The third-order valence-corrected chi connectivity index (χ3v) is 2.00. The van der Waals surface area contributed by atoms with Crippen molar-refractivity contribution in [2.24, 2.45) is 5.92 Å². The van der Waals surface area contributed by atoms with Gasteiger partial charge in [-0.05, 0) is 13.3 Å². The van der Waals surface area contributed by atoms with Crippen LogP contribution in [-0.4, -0.2) is 29.5 Å². The average molecular weight is 194 g/mol. The van der Waals surface area contributed by atoms with Crippen molar-refractivity contribution < 1.29 is 9.90 Å². The zero-order valence-electron chi connectivity index (χ0n) is 7.51. The van der Waals surface area contributed by atoms with Crippen LogP contribution in [0.1, 0.15) is 20.3 Å². The van der Waals surface area contributed by atoms with E-state index in [-0.39, 0.29) is 17.9 Å². The monoisotopic (exact) mass is 193 g/mol. The van der Waals surface area contributed by atoms with Crippen molar-refractivity contribution in [1.29, 1.82) is 0 Å². The second kappa shape index (κ2) is 6.26. The van der Waals surface area contributed by atoms with Crippen molar-refractivity contribution in [3.8, 4) is 0 Å². The molecule has 0 fully saturated rings. The molecule has 0 aliphatic rings. The van der Waals surface area contributed by atoms with Gasteiger partial charge >= 0.3 is 0 Å². The number of rotatable bonds is 5. The summed E-state index contributed by atoms with van der Waals surface area (Å²) in [5, 5.41) is 11.6. The SMILES string of the molecule is CC(O)CCNC(=O)C(C)CCl. The van der Waals surface area contributed by atoms with Gasteiger partial charge in [-0.2, -0.15) is 0 Å². The number of alkyl halides is 1. The van der Waals surface area contributed by atoms with Crippen LogP contribution in [-0.2, 0) is 4.79 Å². The molecule has 0 aromatic heterocycles. The lowest BCUT2D eigenvalue weighted by atomic mass is 10.2. The van der Waals surface area contributed by atoms with Crippen molar-refractivity contribution in [2.75, 3.05) is 12.4 Å². The maximum Gasteiger partial charge on any atom is 0.224 e. The van der Waals surface area contributed by atoms with Crippen LogP contribution in [0.4, 0.5) is 0 Å². The van der Waals surface area contributed by atoms with Crippen LogP contribution >= 0.6 is 11.6 Å². The average Bonchev–Trinajstić information content (AvgIpc) is 2.02. The Kier molecular flexibility index (Phi) is 6.11. The van der Waals surface area contributed by atoms with Gasteiger partial charge in [-0.25, -0.2) is 0 Å². The Morgan fingerprint density at radius 3 is 2.58 bits per heavy atom. The van der Waals surface area contributed by atoms with Gasteiger partial charge in [-0.3, -0.25) is 4.79 Å². The first-order valence-electron chi connectivity index (χ1n) is 4.09. The van der Waals surface area contributed by atoms with E-state index in [1.54, 1.807) is 13.8 Å². The minimum Gasteiger partial charge on any atom is -0.393 e. The van der Waals surface area contributed by atoms with E-state index >= 15 is 0 Å². The first kappa shape index (κ1) is 11.7. The number of carbonyl (C=O) groups excluding carboxylic acids is 1. The van der Waals surface area contributed by atoms with Gasteiger partial charge < -0.3 is 10.4 Å². The van der Waals surface area contributed by atoms with E-state index in [9.17, 15) is 4.79 Å². The quantitative estimate of drug-likeness (QED) is 0.634. The van der Waals surface area contributed by atoms with Crippen LogP contribution in [0, 0.1) is 5.92 Å². The van der Waals surface area contributed by atoms with Crippen molar-refractivity contribution in [2.45, 2.75) is 26.4 Å². The molecule has 0 saturated carbocycles. The topological polar surface area (TPSA) is 49.3 Å². The van der Waals surface area contributed by atoms with E-state index < -0.39 is 0 Å². The number of carbonyl (C=O) groups is 1. The number of nitrogens with one attached hydrogen (secondary N) is 1. The number of hydrogen-bond acceptors (Lipinski definition) is 2. The first-order valence-corrected chi connectivity index (χ1v) is 4.63. The smallest absolute Gasteiger partial charge is 0.224 e. The normalized spacial score (nSPS) is 15.3. The highest BCUT2D eigenvalue weighted by Gasteiger charge is 2.10. The van der Waals surface area contributed by atoms with E-state index in [2.05, 4.69) is 5.32 Å². The number of halogens is 1. The zero-order valence-corrected chi connectivity index (χ0v) is 8.27. The van der Waals surface area contributed by atoms with Crippen molar-refractivity contribution in [1.82, 2.24) is 5.32 Å². The van der Waals surface area contributed by atoms with Crippen LogP contribution in [0.2, 0.25) is 0 Å². The summed E-state index contributed by atoms with van der Waals surface area (Å²) < 4.78 is 0. The molecule has 0 aromatic rings. The molecule has 0 aliphatic heterocycles. The van der Waals surface area contributed by atoms with Gasteiger partial charge in [0.1, 0.15) is 0 Å². The summed E-state index contributed by atoms with van der Waals surface area (Å²) in [4.78, 5) is 11.1. The molecule has 0 aliphatic carbocycles.